The van der Waals surface area contributed by atoms with Crippen LogP contribution in [0.4, 0.5) is 4.79 Å². The van der Waals surface area contributed by atoms with Crippen molar-refractivity contribution < 1.29 is 19.4 Å². The molecular formula is C39H35NO4S. The number of alkyl carbamates (subject to hydrolysis) is 1. The molecule has 5 nitrogen and oxygen atoms in total. The van der Waals surface area contributed by atoms with E-state index in [1.165, 1.54) is 0 Å². The molecule has 2 N–H and O–H groups in total. The summed E-state index contributed by atoms with van der Waals surface area (Å²) in [6.07, 6.45) is -0.856. The number of aliphatic carboxylic acids is 1. The summed E-state index contributed by atoms with van der Waals surface area (Å²) in [5, 5.41) is 13.6. The second kappa shape index (κ2) is 11.9. The number of benzene rings is 5. The molecule has 0 fully saturated rings. The highest BCUT2D eigenvalue weighted by Gasteiger charge is 2.63. The molecular weight excluding hydrogens is 578 g/mol. The number of hydrogen-bond donors (Lipinski definition) is 3. The Morgan fingerprint density at radius 3 is 1.44 bits per heavy atom. The molecule has 5 aromatic carbocycles. The smallest absolute Gasteiger partial charge is 0.408 e. The van der Waals surface area contributed by atoms with Gasteiger partial charge in [0.1, 0.15) is 6.61 Å². The van der Waals surface area contributed by atoms with E-state index in [1.807, 2.05) is 141 Å². The molecule has 45 heavy (non-hydrogen) atoms. The number of nitrogens with one attached hydrogen (secondary N) is 1. The Morgan fingerprint density at radius 1 is 0.667 bits per heavy atom. The highest BCUT2D eigenvalue weighted by molar-refractivity contribution is 7.82. The van der Waals surface area contributed by atoms with Gasteiger partial charge in [0.25, 0.3) is 0 Å². The van der Waals surface area contributed by atoms with Crippen molar-refractivity contribution in [2.45, 2.75) is 30.1 Å². The topological polar surface area (TPSA) is 75.6 Å². The molecule has 0 radical (unpaired) electrons. The maximum Gasteiger partial charge on any atom is 0.408 e. The summed E-state index contributed by atoms with van der Waals surface area (Å²) in [4.78, 5) is 25.0. The van der Waals surface area contributed by atoms with Crippen LogP contribution in [0.3, 0.4) is 0 Å². The monoisotopic (exact) mass is 613 g/mol. The average molecular weight is 614 g/mol. The highest BCUT2D eigenvalue weighted by Crippen LogP contribution is 2.57. The zero-order valence-electron chi connectivity index (χ0n) is 25.2. The molecule has 226 valence electrons. The van der Waals surface area contributed by atoms with Crippen molar-refractivity contribution in [3.8, 4) is 11.1 Å². The number of carboxylic acids is 1. The number of carbonyl (C=O) groups is 2. The van der Waals surface area contributed by atoms with Gasteiger partial charge in [-0.05, 0) is 38.9 Å². The zero-order valence-corrected chi connectivity index (χ0v) is 26.1. The fourth-order valence-electron chi connectivity index (χ4n) is 7.18. The molecule has 1 aliphatic rings. The van der Waals surface area contributed by atoms with Crippen molar-refractivity contribution in [3.63, 3.8) is 0 Å². The maximum absolute atomic E-state index is 13.7. The van der Waals surface area contributed by atoms with Crippen LogP contribution in [-0.2, 0) is 14.9 Å². The number of amides is 1. The van der Waals surface area contributed by atoms with Gasteiger partial charge in [-0.2, -0.15) is 0 Å². The lowest BCUT2D eigenvalue weighted by molar-refractivity contribution is -0.145. The molecule has 0 aromatic heterocycles. The third kappa shape index (κ3) is 4.90. The summed E-state index contributed by atoms with van der Waals surface area (Å²) in [6, 6.07) is 45.5. The Bertz CT molecular complexity index is 1680. The van der Waals surface area contributed by atoms with E-state index in [9.17, 15) is 14.7 Å². The van der Waals surface area contributed by atoms with Crippen LogP contribution in [0.15, 0.2) is 140 Å². The van der Waals surface area contributed by atoms with Gasteiger partial charge in [-0.25, -0.2) is 9.59 Å². The first kappa shape index (κ1) is 30.2. The molecule has 0 saturated heterocycles. The summed E-state index contributed by atoms with van der Waals surface area (Å²) < 4.78 is 5.85. The minimum absolute atomic E-state index is 0.0466. The van der Waals surface area contributed by atoms with Crippen LogP contribution in [0.1, 0.15) is 47.6 Å². The van der Waals surface area contributed by atoms with Gasteiger partial charge < -0.3 is 9.84 Å². The van der Waals surface area contributed by atoms with Crippen LogP contribution in [0, 0.1) is 5.41 Å². The minimum atomic E-state index is -2.09. The lowest BCUT2D eigenvalue weighted by Crippen LogP contribution is -2.66. The van der Waals surface area contributed by atoms with E-state index in [4.69, 9.17) is 17.4 Å². The summed E-state index contributed by atoms with van der Waals surface area (Å²) in [5.74, 6) is -1.47. The van der Waals surface area contributed by atoms with E-state index in [1.54, 1.807) is 0 Å². The number of fused-ring (bicyclic) bond motifs is 3. The van der Waals surface area contributed by atoms with Crippen LogP contribution < -0.4 is 5.32 Å². The first-order valence-electron chi connectivity index (χ1n) is 15.0. The first-order valence-corrected chi connectivity index (χ1v) is 15.4. The van der Waals surface area contributed by atoms with Gasteiger partial charge in [0, 0.05) is 11.3 Å². The molecule has 1 amide bonds. The third-order valence-corrected chi connectivity index (χ3v) is 10.3. The number of carboxylic acid groups (broad SMARTS) is 1. The lowest BCUT2D eigenvalue weighted by Gasteiger charge is -2.54. The van der Waals surface area contributed by atoms with Gasteiger partial charge in [-0.3, -0.25) is 5.32 Å². The third-order valence-electron chi connectivity index (χ3n) is 9.40. The quantitative estimate of drug-likeness (QED) is 0.0888. The van der Waals surface area contributed by atoms with Gasteiger partial charge in [-0.15, -0.1) is 12.6 Å². The molecule has 0 aliphatic heterocycles. The molecule has 0 unspecified atom stereocenters. The second-order valence-corrected chi connectivity index (χ2v) is 12.6. The van der Waals surface area contributed by atoms with E-state index in [0.717, 1.165) is 38.9 Å². The van der Waals surface area contributed by atoms with Crippen LogP contribution in [0.25, 0.3) is 11.1 Å². The van der Waals surface area contributed by atoms with Gasteiger partial charge in [0.2, 0.25) is 0 Å². The van der Waals surface area contributed by atoms with Crippen LogP contribution in [0.5, 0.6) is 0 Å². The van der Waals surface area contributed by atoms with Crippen LogP contribution in [0.2, 0.25) is 0 Å². The minimum Gasteiger partial charge on any atom is -0.479 e. The molecule has 6 heteroatoms. The summed E-state index contributed by atoms with van der Waals surface area (Å²) in [6.45, 7) is 3.72. The Morgan fingerprint density at radius 2 is 1.04 bits per heavy atom. The maximum atomic E-state index is 13.7. The summed E-state index contributed by atoms with van der Waals surface area (Å²) in [7, 11) is 0. The number of hydrogen-bond acceptors (Lipinski definition) is 4. The molecule has 0 spiro atoms. The average Bonchev–Trinajstić information content (AvgIpc) is 3.39. The van der Waals surface area contributed by atoms with Crippen molar-refractivity contribution in [1.29, 1.82) is 0 Å². The molecule has 1 aliphatic carbocycles. The Hall–Kier alpha value is -4.81. The van der Waals surface area contributed by atoms with Crippen molar-refractivity contribution in [2.24, 2.45) is 5.41 Å². The van der Waals surface area contributed by atoms with E-state index in [2.05, 4.69) is 17.4 Å². The second-order valence-electron chi connectivity index (χ2n) is 11.9. The predicted molar refractivity (Wildman–Crippen MR) is 181 cm³/mol. The predicted octanol–water partition coefficient (Wildman–Crippen LogP) is 8.30. The fourth-order valence-corrected chi connectivity index (χ4v) is 7.44. The zero-order chi connectivity index (χ0) is 31.7. The van der Waals surface area contributed by atoms with Crippen molar-refractivity contribution in [1.82, 2.24) is 5.32 Å². The van der Waals surface area contributed by atoms with Crippen molar-refractivity contribution in [2.75, 3.05) is 6.61 Å². The Balaban J connectivity index is 1.41. The van der Waals surface area contributed by atoms with E-state index in [0.29, 0.717) is 0 Å². The molecule has 0 saturated carbocycles. The number of ether oxygens (including phenoxy) is 1. The molecule has 1 atom stereocenters. The van der Waals surface area contributed by atoms with E-state index < -0.39 is 27.8 Å². The van der Waals surface area contributed by atoms with Crippen molar-refractivity contribution in [3.05, 3.63) is 167 Å². The van der Waals surface area contributed by atoms with E-state index >= 15 is 0 Å². The van der Waals surface area contributed by atoms with Crippen molar-refractivity contribution >= 4 is 24.7 Å². The lowest BCUT2D eigenvalue weighted by atomic mass is 9.52. The molecule has 0 heterocycles. The van der Waals surface area contributed by atoms with Gasteiger partial charge in [0.05, 0.1) is 5.41 Å². The van der Waals surface area contributed by atoms with Gasteiger partial charge in [-0.1, -0.05) is 153 Å². The number of carbonyl (C=O) groups excluding carboxylic acids is 1. The highest BCUT2D eigenvalue weighted by atomic mass is 32.1. The number of rotatable bonds is 9. The SMILES string of the molecule is CC(C)(C(c1ccccc1)(c1ccccc1)c1ccccc1)[C@](S)(NC(=O)OCC1c2ccccc2-c2ccccc21)C(=O)O. The van der Waals surface area contributed by atoms with Gasteiger partial charge in [0.15, 0.2) is 4.87 Å². The molecule has 5 aromatic rings. The van der Waals surface area contributed by atoms with Crippen LogP contribution in [-0.4, -0.2) is 28.6 Å². The number of thiol groups is 1. The van der Waals surface area contributed by atoms with Crippen LogP contribution >= 0.6 is 12.6 Å². The molecule has 6 rings (SSSR count). The van der Waals surface area contributed by atoms with E-state index in [-0.39, 0.29) is 12.5 Å². The first-order chi connectivity index (χ1) is 21.7. The summed E-state index contributed by atoms with van der Waals surface area (Å²) >= 11 is 4.86. The largest absolute Gasteiger partial charge is 0.479 e. The fraction of sp³-hybridized carbons (Fsp3) is 0.179. The normalized spacial score (nSPS) is 14.1. The van der Waals surface area contributed by atoms with Gasteiger partial charge >= 0.3 is 12.1 Å². The summed E-state index contributed by atoms with van der Waals surface area (Å²) in [5.41, 5.74) is 4.59. The Labute approximate surface area is 269 Å². The Kier molecular flexibility index (Phi) is 8.02. The molecule has 0 bridgehead atoms. The standard InChI is InChI=1S/C39H35NO4S/c1-37(2,38(27-16-6-3-7-17-27,28-18-8-4-9-19-28)29-20-10-5-11-21-29)39(45,35(41)42)40-36(43)44-26-34-32-24-14-12-22-30(32)31-23-13-15-25-33(31)34/h3-25,34,45H,26H2,1-2H3,(H,40,43)(H,41,42)/t39-/m0/s1.